The maximum absolute atomic E-state index is 12.0. The maximum Gasteiger partial charge on any atom is 0.354 e. The summed E-state index contributed by atoms with van der Waals surface area (Å²) in [5.41, 5.74) is 0.225. The molecule has 0 bridgehead atoms. The van der Waals surface area contributed by atoms with E-state index in [4.69, 9.17) is 9.84 Å². The molecule has 2 rings (SSSR count). The molecule has 1 amide bonds. The fourth-order valence-electron chi connectivity index (χ4n) is 1.63. The van der Waals surface area contributed by atoms with Gasteiger partial charge in [-0.25, -0.2) is 9.78 Å². The van der Waals surface area contributed by atoms with Gasteiger partial charge in [-0.2, -0.15) is 0 Å². The highest BCUT2D eigenvalue weighted by Crippen LogP contribution is 2.08. The van der Waals surface area contributed by atoms with Gasteiger partial charge in [0.25, 0.3) is 5.91 Å². The zero-order chi connectivity index (χ0) is 12.3. The number of hydrogen-bond donors (Lipinski definition) is 1. The van der Waals surface area contributed by atoms with E-state index in [1.54, 1.807) is 4.90 Å². The van der Waals surface area contributed by atoms with Crippen molar-refractivity contribution in [2.24, 2.45) is 0 Å². The number of nitrogens with zero attached hydrogens (tertiary/aromatic N) is 2. The average Bonchev–Trinajstić information content (AvgIpc) is 2.39. The van der Waals surface area contributed by atoms with Crippen LogP contribution in [0.3, 0.4) is 0 Å². The van der Waals surface area contributed by atoms with Gasteiger partial charge in [0, 0.05) is 24.8 Å². The van der Waals surface area contributed by atoms with Crippen molar-refractivity contribution in [3.63, 3.8) is 0 Å². The summed E-state index contributed by atoms with van der Waals surface area (Å²) in [7, 11) is 0. The van der Waals surface area contributed by atoms with Gasteiger partial charge in [0.15, 0.2) is 0 Å². The molecule has 2 heterocycles. The topological polar surface area (TPSA) is 79.7 Å². The lowest BCUT2D eigenvalue weighted by Crippen LogP contribution is -2.40. The van der Waals surface area contributed by atoms with Crippen LogP contribution in [0.4, 0.5) is 0 Å². The van der Waals surface area contributed by atoms with Gasteiger partial charge < -0.3 is 14.7 Å². The number of carbonyl (C=O) groups is 2. The van der Waals surface area contributed by atoms with Gasteiger partial charge >= 0.3 is 5.97 Å². The molecule has 0 aliphatic carbocycles. The first-order valence-corrected chi connectivity index (χ1v) is 5.25. The lowest BCUT2D eigenvalue weighted by atomic mass is 10.2. The van der Waals surface area contributed by atoms with Crippen molar-refractivity contribution in [2.45, 2.75) is 0 Å². The molecule has 1 saturated heterocycles. The van der Waals surface area contributed by atoms with Crippen LogP contribution in [0.25, 0.3) is 0 Å². The van der Waals surface area contributed by atoms with Gasteiger partial charge in [0.1, 0.15) is 5.69 Å². The van der Waals surface area contributed by atoms with E-state index in [1.807, 2.05) is 0 Å². The second-order valence-corrected chi connectivity index (χ2v) is 3.64. The lowest BCUT2D eigenvalue weighted by molar-refractivity contribution is 0.0303. The number of amides is 1. The largest absolute Gasteiger partial charge is 0.477 e. The van der Waals surface area contributed by atoms with Gasteiger partial charge in [-0.1, -0.05) is 0 Å². The Hall–Kier alpha value is -1.95. The molecule has 1 fully saturated rings. The summed E-state index contributed by atoms with van der Waals surface area (Å²) in [4.78, 5) is 28.1. The minimum absolute atomic E-state index is 0.121. The Labute approximate surface area is 97.8 Å². The minimum Gasteiger partial charge on any atom is -0.477 e. The first-order chi connectivity index (χ1) is 8.18. The van der Waals surface area contributed by atoms with E-state index < -0.39 is 5.97 Å². The number of pyridine rings is 1. The number of carboxylic acids is 1. The van der Waals surface area contributed by atoms with Crippen LogP contribution < -0.4 is 0 Å². The van der Waals surface area contributed by atoms with E-state index in [9.17, 15) is 9.59 Å². The van der Waals surface area contributed by atoms with Crippen LogP contribution >= 0.6 is 0 Å². The molecule has 0 atom stereocenters. The Balaban J connectivity index is 2.18. The minimum atomic E-state index is -1.14. The lowest BCUT2D eigenvalue weighted by Gasteiger charge is -2.26. The number of rotatable bonds is 2. The van der Waals surface area contributed by atoms with Crippen LogP contribution in [0.5, 0.6) is 0 Å². The van der Waals surface area contributed by atoms with Crippen LogP contribution in [-0.4, -0.2) is 53.2 Å². The van der Waals surface area contributed by atoms with Crippen LogP contribution in [0, 0.1) is 0 Å². The molecule has 0 saturated carbocycles. The van der Waals surface area contributed by atoms with Crippen molar-refractivity contribution in [3.05, 3.63) is 29.6 Å². The van der Waals surface area contributed by atoms with Gasteiger partial charge in [0.05, 0.1) is 13.2 Å². The molecule has 0 unspecified atom stereocenters. The third-order valence-electron chi connectivity index (χ3n) is 2.52. The second-order valence-electron chi connectivity index (χ2n) is 3.64. The highest BCUT2D eigenvalue weighted by molar-refractivity contribution is 5.96. The average molecular weight is 236 g/mol. The molecule has 6 nitrogen and oxygen atoms in total. The maximum atomic E-state index is 12.0. The Kier molecular flexibility index (Phi) is 3.34. The summed E-state index contributed by atoms with van der Waals surface area (Å²) >= 11 is 0. The van der Waals surface area contributed by atoms with Crippen LogP contribution in [0.2, 0.25) is 0 Å². The Bertz CT molecular complexity index is 441. The van der Waals surface area contributed by atoms with E-state index in [2.05, 4.69) is 4.98 Å². The molecule has 0 radical (unpaired) electrons. The zero-order valence-corrected chi connectivity index (χ0v) is 9.13. The fraction of sp³-hybridized carbons (Fsp3) is 0.364. The van der Waals surface area contributed by atoms with E-state index in [1.165, 1.54) is 18.3 Å². The molecule has 1 aliphatic heterocycles. The van der Waals surface area contributed by atoms with E-state index in [0.717, 1.165) is 0 Å². The summed E-state index contributed by atoms with van der Waals surface area (Å²) in [5, 5.41) is 8.79. The standard InChI is InChI=1S/C11H12N2O4/c14-10(13-3-5-17-6-4-13)8-1-2-12-9(7-8)11(15)16/h1-2,7H,3-6H2,(H,15,16). The predicted octanol–water partition coefficient (Wildman–Crippen LogP) is 0.252. The van der Waals surface area contributed by atoms with Crippen molar-refractivity contribution in [1.29, 1.82) is 0 Å². The number of morpholine rings is 1. The molecule has 1 N–H and O–H groups in total. The quantitative estimate of drug-likeness (QED) is 0.796. The molecule has 1 aromatic rings. The third-order valence-corrected chi connectivity index (χ3v) is 2.52. The van der Waals surface area contributed by atoms with Crippen molar-refractivity contribution < 1.29 is 19.4 Å². The van der Waals surface area contributed by atoms with Crippen molar-refractivity contribution in [2.75, 3.05) is 26.3 Å². The van der Waals surface area contributed by atoms with Gasteiger partial charge in [-0.05, 0) is 12.1 Å². The Morgan fingerprint density at radius 1 is 1.35 bits per heavy atom. The normalized spacial score (nSPS) is 15.6. The molecule has 17 heavy (non-hydrogen) atoms. The van der Waals surface area contributed by atoms with Crippen molar-refractivity contribution >= 4 is 11.9 Å². The monoisotopic (exact) mass is 236 g/mol. The number of aromatic nitrogens is 1. The molecule has 90 valence electrons. The summed E-state index contributed by atoms with van der Waals surface area (Å²) in [5.74, 6) is -1.32. The van der Waals surface area contributed by atoms with Crippen LogP contribution in [-0.2, 0) is 4.74 Å². The van der Waals surface area contributed by atoms with Crippen molar-refractivity contribution in [3.8, 4) is 0 Å². The number of hydrogen-bond acceptors (Lipinski definition) is 4. The van der Waals surface area contributed by atoms with Gasteiger partial charge in [-0.15, -0.1) is 0 Å². The molecule has 6 heteroatoms. The summed E-state index contributed by atoms with van der Waals surface area (Å²) in [6.45, 7) is 2.10. The predicted molar refractivity (Wildman–Crippen MR) is 57.9 cm³/mol. The number of carbonyl (C=O) groups excluding carboxylic acids is 1. The zero-order valence-electron chi connectivity index (χ0n) is 9.13. The van der Waals surface area contributed by atoms with E-state index in [-0.39, 0.29) is 11.6 Å². The molecular formula is C11H12N2O4. The number of aromatic carboxylic acids is 1. The van der Waals surface area contributed by atoms with Crippen LogP contribution in [0.15, 0.2) is 18.3 Å². The van der Waals surface area contributed by atoms with E-state index >= 15 is 0 Å². The number of ether oxygens (including phenoxy) is 1. The molecular weight excluding hydrogens is 224 g/mol. The van der Waals surface area contributed by atoms with Gasteiger partial charge in [0.2, 0.25) is 0 Å². The molecule has 1 aliphatic rings. The number of carboxylic acid groups (broad SMARTS) is 1. The summed E-state index contributed by atoms with van der Waals surface area (Å²) < 4.78 is 5.15. The van der Waals surface area contributed by atoms with Crippen molar-refractivity contribution in [1.82, 2.24) is 9.88 Å². The Morgan fingerprint density at radius 3 is 2.71 bits per heavy atom. The molecule has 0 aromatic carbocycles. The molecule has 0 spiro atoms. The SMILES string of the molecule is O=C(O)c1cc(C(=O)N2CCOCC2)ccn1. The highest BCUT2D eigenvalue weighted by atomic mass is 16.5. The van der Waals surface area contributed by atoms with Crippen LogP contribution in [0.1, 0.15) is 20.8 Å². The third kappa shape index (κ3) is 2.59. The highest BCUT2D eigenvalue weighted by Gasteiger charge is 2.19. The smallest absolute Gasteiger partial charge is 0.354 e. The summed E-state index contributed by atoms with van der Waals surface area (Å²) in [6, 6.07) is 2.81. The van der Waals surface area contributed by atoms with Gasteiger partial charge in [-0.3, -0.25) is 4.79 Å². The first-order valence-electron chi connectivity index (χ1n) is 5.25. The Morgan fingerprint density at radius 2 is 2.06 bits per heavy atom. The second kappa shape index (κ2) is 4.92. The summed E-state index contributed by atoms with van der Waals surface area (Å²) in [6.07, 6.45) is 1.33. The van der Waals surface area contributed by atoms with E-state index in [0.29, 0.717) is 31.9 Å². The first kappa shape index (κ1) is 11.5. The fourth-order valence-corrected chi connectivity index (χ4v) is 1.63. The molecule has 1 aromatic heterocycles.